The Morgan fingerprint density at radius 2 is 1.72 bits per heavy atom. The van der Waals surface area contributed by atoms with Crippen LogP contribution >= 0.6 is 11.6 Å². The van der Waals surface area contributed by atoms with E-state index in [1.54, 1.807) is 14.2 Å². The summed E-state index contributed by atoms with van der Waals surface area (Å²) >= 11 is 6.07. The molecule has 36 heavy (non-hydrogen) atoms. The molecule has 2 N–H and O–H groups in total. The molecule has 3 heterocycles. The molecular formula is C26H30ClN5O4. The van der Waals surface area contributed by atoms with Crippen molar-refractivity contribution in [2.75, 3.05) is 44.1 Å². The number of fused-ring (bicyclic) bond motifs is 1. The van der Waals surface area contributed by atoms with E-state index in [9.17, 15) is 9.90 Å². The molecule has 2 aliphatic heterocycles. The smallest absolute Gasteiger partial charge is 0.320 e. The van der Waals surface area contributed by atoms with Gasteiger partial charge in [0, 0.05) is 41.3 Å². The molecule has 0 bridgehead atoms. The number of halogens is 1. The van der Waals surface area contributed by atoms with E-state index < -0.39 is 5.97 Å². The maximum atomic E-state index is 11.7. The number of piperidine rings is 1. The molecule has 190 valence electrons. The van der Waals surface area contributed by atoms with E-state index in [1.807, 2.05) is 36.4 Å². The van der Waals surface area contributed by atoms with Gasteiger partial charge < -0.3 is 24.8 Å². The molecule has 3 aromatic rings. The van der Waals surface area contributed by atoms with Crippen LogP contribution in [-0.2, 0) is 4.79 Å². The second-order valence-corrected chi connectivity index (χ2v) is 9.62. The van der Waals surface area contributed by atoms with Gasteiger partial charge >= 0.3 is 5.97 Å². The summed E-state index contributed by atoms with van der Waals surface area (Å²) in [4.78, 5) is 25.8. The number of hydrogen-bond donors (Lipinski definition) is 2. The van der Waals surface area contributed by atoms with Crippen molar-refractivity contribution in [1.82, 2.24) is 14.9 Å². The van der Waals surface area contributed by atoms with Gasteiger partial charge in [-0.1, -0.05) is 11.6 Å². The van der Waals surface area contributed by atoms with Crippen molar-refractivity contribution < 1.29 is 19.4 Å². The number of benzene rings is 2. The van der Waals surface area contributed by atoms with Crippen molar-refractivity contribution in [3.05, 3.63) is 41.4 Å². The van der Waals surface area contributed by atoms with E-state index in [0.29, 0.717) is 28.3 Å². The number of aromatic nitrogens is 2. The van der Waals surface area contributed by atoms with Crippen LogP contribution in [0.2, 0.25) is 5.02 Å². The number of aliphatic carboxylic acids is 1. The molecule has 0 aliphatic carbocycles. The molecule has 2 saturated heterocycles. The molecule has 9 nitrogen and oxygen atoms in total. The fraction of sp³-hybridized carbons (Fsp3) is 0.423. The highest BCUT2D eigenvalue weighted by atomic mass is 35.5. The lowest BCUT2D eigenvalue weighted by Gasteiger charge is -2.38. The Morgan fingerprint density at radius 1 is 1.03 bits per heavy atom. The maximum absolute atomic E-state index is 11.7. The van der Waals surface area contributed by atoms with Crippen LogP contribution < -0.4 is 19.7 Å². The van der Waals surface area contributed by atoms with Crippen LogP contribution in [0.15, 0.2) is 36.4 Å². The van der Waals surface area contributed by atoms with Crippen molar-refractivity contribution >= 4 is 45.9 Å². The molecule has 2 aliphatic rings. The molecular weight excluding hydrogens is 482 g/mol. The van der Waals surface area contributed by atoms with E-state index in [-0.39, 0.29) is 12.1 Å². The minimum atomic E-state index is -0.713. The van der Waals surface area contributed by atoms with Gasteiger partial charge in [-0.2, -0.15) is 4.98 Å². The standard InChI is InChI=1S/C26H30ClN5O4/c1-35-22-14-19-20(15-23(22)36-2)29-26(30-24(19)28-17-7-5-16(27)6-8-17)31-12-9-18(10-13-31)32-11-3-4-21(32)25(33)34/h5-8,14-15,18,21H,3-4,9-13H2,1-2H3,(H,33,34)(H,28,29,30)/t21-/m0/s1. The number of methoxy groups -OCH3 is 2. The van der Waals surface area contributed by atoms with Crippen LogP contribution in [-0.4, -0.2) is 71.9 Å². The minimum absolute atomic E-state index is 0.265. The number of nitrogens with zero attached hydrogens (tertiary/aromatic N) is 4. The average molecular weight is 512 g/mol. The number of rotatable bonds is 7. The molecule has 0 radical (unpaired) electrons. The zero-order valence-corrected chi connectivity index (χ0v) is 21.2. The van der Waals surface area contributed by atoms with Crippen molar-refractivity contribution in [2.24, 2.45) is 0 Å². The monoisotopic (exact) mass is 511 g/mol. The number of hydrogen-bond acceptors (Lipinski definition) is 8. The van der Waals surface area contributed by atoms with Gasteiger partial charge in [0.1, 0.15) is 11.9 Å². The van der Waals surface area contributed by atoms with Crippen LogP contribution in [0.1, 0.15) is 25.7 Å². The Bertz CT molecular complexity index is 1250. The summed E-state index contributed by atoms with van der Waals surface area (Å²) in [6.07, 6.45) is 3.42. The van der Waals surface area contributed by atoms with Gasteiger partial charge in [0.25, 0.3) is 0 Å². The second-order valence-electron chi connectivity index (χ2n) is 9.18. The predicted molar refractivity (Wildman–Crippen MR) is 140 cm³/mol. The molecule has 10 heteroatoms. The highest BCUT2D eigenvalue weighted by molar-refractivity contribution is 6.30. The van der Waals surface area contributed by atoms with Gasteiger partial charge in [-0.3, -0.25) is 9.69 Å². The Morgan fingerprint density at radius 3 is 2.39 bits per heavy atom. The summed E-state index contributed by atoms with van der Waals surface area (Å²) in [5.41, 5.74) is 1.59. The summed E-state index contributed by atoms with van der Waals surface area (Å²) in [5.74, 6) is 1.77. The topological polar surface area (TPSA) is 100 Å². The average Bonchev–Trinajstić information content (AvgIpc) is 3.40. The van der Waals surface area contributed by atoms with Crippen molar-refractivity contribution in [3.63, 3.8) is 0 Å². The molecule has 5 rings (SSSR count). The first-order chi connectivity index (χ1) is 17.5. The summed E-state index contributed by atoms with van der Waals surface area (Å²) in [6, 6.07) is 11.1. The summed E-state index contributed by atoms with van der Waals surface area (Å²) < 4.78 is 11.0. The van der Waals surface area contributed by atoms with Crippen LogP contribution in [0, 0.1) is 0 Å². The molecule has 0 spiro atoms. The van der Waals surface area contributed by atoms with Crippen LogP contribution in [0.4, 0.5) is 17.5 Å². The van der Waals surface area contributed by atoms with Crippen LogP contribution in [0.25, 0.3) is 10.9 Å². The van der Waals surface area contributed by atoms with Gasteiger partial charge in [-0.25, -0.2) is 4.98 Å². The Kier molecular flexibility index (Phi) is 7.02. The minimum Gasteiger partial charge on any atom is -0.493 e. The number of carboxylic acid groups (broad SMARTS) is 1. The first-order valence-corrected chi connectivity index (χ1v) is 12.5. The van der Waals surface area contributed by atoms with E-state index in [1.165, 1.54) is 0 Å². The third-order valence-electron chi connectivity index (χ3n) is 7.09. The van der Waals surface area contributed by atoms with Crippen molar-refractivity contribution in [2.45, 2.75) is 37.8 Å². The number of nitrogens with one attached hydrogen (secondary N) is 1. The van der Waals surface area contributed by atoms with Crippen molar-refractivity contribution in [1.29, 1.82) is 0 Å². The third kappa shape index (κ3) is 4.85. The van der Waals surface area contributed by atoms with E-state index in [2.05, 4.69) is 15.1 Å². The van der Waals surface area contributed by atoms with E-state index in [0.717, 1.165) is 61.9 Å². The molecule has 0 unspecified atom stereocenters. The number of likely N-dealkylation sites (tertiary alicyclic amines) is 1. The Hall–Kier alpha value is -3.30. The summed E-state index contributed by atoms with van der Waals surface area (Å²) in [7, 11) is 3.21. The highest BCUT2D eigenvalue weighted by Gasteiger charge is 2.37. The third-order valence-corrected chi connectivity index (χ3v) is 7.34. The van der Waals surface area contributed by atoms with Crippen LogP contribution in [0.5, 0.6) is 11.5 Å². The number of ether oxygens (including phenoxy) is 2. The number of carbonyl (C=O) groups is 1. The number of carboxylic acids is 1. The normalized spacial score (nSPS) is 19.0. The van der Waals surface area contributed by atoms with Crippen LogP contribution in [0.3, 0.4) is 0 Å². The molecule has 2 aromatic carbocycles. The highest BCUT2D eigenvalue weighted by Crippen LogP contribution is 2.36. The van der Waals surface area contributed by atoms with E-state index >= 15 is 0 Å². The first kappa shape index (κ1) is 24.4. The molecule has 2 fully saturated rings. The van der Waals surface area contributed by atoms with E-state index in [4.69, 9.17) is 31.0 Å². The van der Waals surface area contributed by atoms with Gasteiger partial charge in [-0.05, 0) is 62.6 Å². The zero-order valence-electron chi connectivity index (χ0n) is 20.4. The quantitative estimate of drug-likeness (QED) is 0.472. The molecule has 1 atom stereocenters. The van der Waals surface area contributed by atoms with Gasteiger partial charge in [0.05, 0.1) is 19.7 Å². The SMILES string of the molecule is COc1cc2nc(N3CCC(N4CCC[C@H]4C(=O)O)CC3)nc(Nc3ccc(Cl)cc3)c2cc1OC. The molecule has 0 amide bonds. The maximum Gasteiger partial charge on any atom is 0.320 e. The first-order valence-electron chi connectivity index (χ1n) is 12.2. The second kappa shape index (κ2) is 10.4. The fourth-order valence-corrected chi connectivity index (χ4v) is 5.36. The lowest BCUT2D eigenvalue weighted by molar-refractivity contribution is -0.143. The predicted octanol–water partition coefficient (Wildman–Crippen LogP) is 4.56. The summed E-state index contributed by atoms with van der Waals surface area (Å²) in [6.45, 7) is 2.37. The van der Waals surface area contributed by atoms with Gasteiger partial charge in [0.2, 0.25) is 5.95 Å². The Balaban J connectivity index is 1.45. The summed E-state index contributed by atoms with van der Waals surface area (Å²) in [5, 5.41) is 14.5. The van der Waals surface area contributed by atoms with Gasteiger partial charge in [0.15, 0.2) is 11.5 Å². The fourth-order valence-electron chi connectivity index (χ4n) is 5.24. The lowest BCUT2D eigenvalue weighted by atomic mass is 10.0. The van der Waals surface area contributed by atoms with Gasteiger partial charge in [-0.15, -0.1) is 0 Å². The number of anilines is 3. The zero-order chi connectivity index (χ0) is 25.2. The molecule has 1 aromatic heterocycles. The molecule has 0 saturated carbocycles. The largest absolute Gasteiger partial charge is 0.493 e. The lowest BCUT2D eigenvalue weighted by Crippen LogP contribution is -2.49. The van der Waals surface area contributed by atoms with Crippen molar-refractivity contribution in [3.8, 4) is 11.5 Å². The Labute approximate surface area is 215 Å².